The predicted octanol–water partition coefficient (Wildman–Crippen LogP) is 2.17. The van der Waals surface area contributed by atoms with Crippen molar-refractivity contribution in [2.24, 2.45) is 0 Å². The summed E-state index contributed by atoms with van der Waals surface area (Å²) in [7, 11) is 0. The quantitative estimate of drug-likeness (QED) is 0.769. The van der Waals surface area contributed by atoms with Gasteiger partial charge >= 0.3 is 5.97 Å². The van der Waals surface area contributed by atoms with Crippen molar-refractivity contribution in [3.05, 3.63) is 48.4 Å². The van der Waals surface area contributed by atoms with Crippen LogP contribution in [0.3, 0.4) is 0 Å². The van der Waals surface area contributed by atoms with E-state index in [1.807, 2.05) is 24.3 Å². The number of carboxylic acids is 1. The highest BCUT2D eigenvalue weighted by Crippen LogP contribution is 2.17. The molecule has 0 atom stereocenters. The van der Waals surface area contributed by atoms with Gasteiger partial charge in [0.1, 0.15) is 0 Å². The molecule has 0 spiro atoms. The summed E-state index contributed by atoms with van der Waals surface area (Å²) in [5.74, 6) is -0.952. The molecule has 0 radical (unpaired) electrons. The second-order valence-electron chi connectivity index (χ2n) is 3.26. The van der Waals surface area contributed by atoms with E-state index in [1.54, 1.807) is 18.6 Å². The Labute approximate surface area is 92.3 Å². The fourth-order valence-corrected chi connectivity index (χ4v) is 1.39. The average molecular weight is 214 g/mol. The number of benzene rings is 1. The first-order valence-electron chi connectivity index (χ1n) is 4.75. The predicted molar refractivity (Wildman–Crippen MR) is 60.7 cm³/mol. The van der Waals surface area contributed by atoms with E-state index in [1.165, 1.54) is 0 Å². The molecular weight excluding hydrogens is 204 g/mol. The van der Waals surface area contributed by atoms with Crippen molar-refractivity contribution in [2.75, 3.05) is 0 Å². The van der Waals surface area contributed by atoms with E-state index in [0.717, 1.165) is 22.9 Å². The summed E-state index contributed by atoms with van der Waals surface area (Å²) in [5, 5.41) is 8.53. The van der Waals surface area contributed by atoms with Crippen LogP contribution in [-0.2, 0) is 4.79 Å². The smallest absolute Gasteiger partial charge is 0.328 e. The maximum atomic E-state index is 10.4. The van der Waals surface area contributed by atoms with Gasteiger partial charge in [0, 0.05) is 11.6 Å². The molecule has 2 rings (SSSR count). The fourth-order valence-electron chi connectivity index (χ4n) is 1.39. The lowest BCUT2D eigenvalue weighted by molar-refractivity contribution is -0.131. The molecule has 0 amide bonds. The van der Waals surface area contributed by atoms with E-state index in [-0.39, 0.29) is 0 Å². The van der Waals surface area contributed by atoms with Gasteiger partial charge in [-0.3, -0.25) is 0 Å². The number of rotatable bonds is 3. The van der Waals surface area contributed by atoms with Gasteiger partial charge in [0.05, 0.1) is 18.2 Å². The summed E-state index contributed by atoms with van der Waals surface area (Å²) in [6.45, 7) is 0. The van der Waals surface area contributed by atoms with E-state index in [0.29, 0.717) is 0 Å². The Kier molecular flexibility index (Phi) is 2.82. The maximum Gasteiger partial charge on any atom is 0.328 e. The van der Waals surface area contributed by atoms with E-state index in [4.69, 9.17) is 5.11 Å². The lowest BCUT2D eigenvalue weighted by Gasteiger charge is -1.98. The SMILES string of the molecule is O=C(O)/C=C/c1cccc(-c2cnc[nH]2)c1. The number of carbonyl (C=O) groups is 1. The van der Waals surface area contributed by atoms with Gasteiger partial charge in [-0.2, -0.15) is 0 Å². The molecule has 0 saturated carbocycles. The molecule has 0 saturated heterocycles. The van der Waals surface area contributed by atoms with Gasteiger partial charge in [-0.05, 0) is 17.7 Å². The van der Waals surface area contributed by atoms with Crippen molar-refractivity contribution < 1.29 is 9.90 Å². The number of carboxylic acid groups (broad SMARTS) is 1. The summed E-state index contributed by atoms with van der Waals surface area (Å²) < 4.78 is 0. The van der Waals surface area contributed by atoms with E-state index in [9.17, 15) is 4.79 Å². The Hall–Kier alpha value is -2.36. The molecule has 1 aromatic carbocycles. The number of imidazole rings is 1. The zero-order chi connectivity index (χ0) is 11.4. The van der Waals surface area contributed by atoms with E-state index >= 15 is 0 Å². The van der Waals surface area contributed by atoms with Gasteiger partial charge < -0.3 is 10.1 Å². The minimum Gasteiger partial charge on any atom is -0.478 e. The average Bonchev–Trinajstić information content (AvgIpc) is 2.80. The molecule has 2 aromatic rings. The Morgan fingerprint density at radius 3 is 3.00 bits per heavy atom. The monoisotopic (exact) mass is 214 g/mol. The first kappa shape index (κ1) is 10.2. The zero-order valence-electron chi connectivity index (χ0n) is 8.42. The topological polar surface area (TPSA) is 66.0 Å². The minimum absolute atomic E-state index is 0.842. The largest absolute Gasteiger partial charge is 0.478 e. The highest BCUT2D eigenvalue weighted by atomic mass is 16.4. The van der Waals surface area contributed by atoms with Crippen LogP contribution in [0.5, 0.6) is 0 Å². The molecule has 0 aliphatic heterocycles. The van der Waals surface area contributed by atoms with Crippen molar-refractivity contribution in [3.8, 4) is 11.3 Å². The third kappa shape index (κ3) is 2.36. The summed E-state index contributed by atoms with van der Waals surface area (Å²) in [6, 6.07) is 7.55. The molecule has 2 N–H and O–H groups in total. The van der Waals surface area contributed by atoms with Crippen LogP contribution >= 0.6 is 0 Å². The Balaban J connectivity index is 2.30. The molecular formula is C12H10N2O2. The van der Waals surface area contributed by atoms with Gasteiger partial charge in [-0.1, -0.05) is 18.2 Å². The van der Waals surface area contributed by atoms with Crippen LogP contribution in [0.4, 0.5) is 0 Å². The summed E-state index contributed by atoms with van der Waals surface area (Å²) in [4.78, 5) is 17.3. The van der Waals surface area contributed by atoms with Crippen LogP contribution in [0.25, 0.3) is 17.3 Å². The van der Waals surface area contributed by atoms with Crippen LogP contribution in [0.15, 0.2) is 42.9 Å². The molecule has 1 heterocycles. The van der Waals surface area contributed by atoms with Crippen molar-refractivity contribution in [2.45, 2.75) is 0 Å². The van der Waals surface area contributed by atoms with Crippen LogP contribution in [0, 0.1) is 0 Å². The standard InChI is InChI=1S/C12H10N2O2/c15-12(16)5-4-9-2-1-3-10(6-9)11-7-13-8-14-11/h1-8H,(H,13,14)(H,15,16)/b5-4+. The second-order valence-corrected chi connectivity index (χ2v) is 3.26. The molecule has 1 aromatic heterocycles. The van der Waals surface area contributed by atoms with Crippen LogP contribution in [0.2, 0.25) is 0 Å². The van der Waals surface area contributed by atoms with Crippen LogP contribution < -0.4 is 0 Å². The molecule has 0 bridgehead atoms. The lowest BCUT2D eigenvalue weighted by atomic mass is 10.1. The number of hydrogen-bond donors (Lipinski definition) is 2. The number of hydrogen-bond acceptors (Lipinski definition) is 2. The van der Waals surface area contributed by atoms with Gasteiger partial charge in [0.15, 0.2) is 0 Å². The summed E-state index contributed by atoms with van der Waals surface area (Å²) in [5.41, 5.74) is 2.73. The molecule has 0 aliphatic rings. The van der Waals surface area contributed by atoms with Crippen molar-refractivity contribution in [1.29, 1.82) is 0 Å². The number of nitrogens with zero attached hydrogens (tertiary/aromatic N) is 1. The molecule has 0 unspecified atom stereocenters. The number of nitrogens with one attached hydrogen (secondary N) is 1. The Bertz CT molecular complexity index is 516. The van der Waals surface area contributed by atoms with E-state index < -0.39 is 5.97 Å². The molecule has 16 heavy (non-hydrogen) atoms. The second kappa shape index (κ2) is 4.44. The van der Waals surface area contributed by atoms with Crippen LogP contribution in [0.1, 0.15) is 5.56 Å². The highest BCUT2D eigenvalue weighted by molar-refractivity contribution is 5.85. The number of H-pyrrole nitrogens is 1. The Morgan fingerprint density at radius 2 is 2.31 bits per heavy atom. The number of aromatic amines is 1. The molecule has 0 aliphatic carbocycles. The third-order valence-corrected chi connectivity index (χ3v) is 2.11. The fraction of sp³-hybridized carbons (Fsp3) is 0. The zero-order valence-corrected chi connectivity index (χ0v) is 8.42. The van der Waals surface area contributed by atoms with Gasteiger partial charge in [0.25, 0.3) is 0 Å². The van der Waals surface area contributed by atoms with Crippen LogP contribution in [-0.4, -0.2) is 21.0 Å². The highest BCUT2D eigenvalue weighted by Gasteiger charge is 1.98. The number of aliphatic carboxylic acids is 1. The first-order valence-corrected chi connectivity index (χ1v) is 4.75. The Morgan fingerprint density at radius 1 is 1.44 bits per heavy atom. The van der Waals surface area contributed by atoms with Crippen molar-refractivity contribution in [1.82, 2.24) is 9.97 Å². The molecule has 4 heteroatoms. The lowest BCUT2D eigenvalue weighted by Crippen LogP contribution is -1.86. The minimum atomic E-state index is -0.952. The van der Waals surface area contributed by atoms with E-state index in [2.05, 4.69) is 9.97 Å². The van der Waals surface area contributed by atoms with Gasteiger partial charge in [0.2, 0.25) is 0 Å². The normalized spacial score (nSPS) is 10.8. The van der Waals surface area contributed by atoms with Crippen molar-refractivity contribution in [3.63, 3.8) is 0 Å². The van der Waals surface area contributed by atoms with Gasteiger partial charge in [-0.25, -0.2) is 9.78 Å². The summed E-state index contributed by atoms with van der Waals surface area (Å²) in [6.07, 6.45) is 6.00. The van der Waals surface area contributed by atoms with Gasteiger partial charge in [-0.15, -0.1) is 0 Å². The molecule has 0 fully saturated rings. The third-order valence-electron chi connectivity index (χ3n) is 2.11. The van der Waals surface area contributed by atoms with Crippen molar-refractivity contribution >= 4 is 12.0 Å². The first-order chi connectivity index (χ1) is 7.75. The number of aromatic nitrogens is 2. The molecule has 4 nitrogen and oxygen atoms in total. The maximum absolute atomic E-state index is 10.4. The summed E-state index contributed by atoms with van der Waals surface area (Å²) >= 11 is 0. The molecule has 80 valence electrons.